The Labute approximate surface area is 194 Å². The third-order valence-electron chi connectivity index (χ3n) is 5.59. The molecule has 0 spiro atoms. The van der Waals surface area contributed by atoms with Crippen LogP contribution in [0.3, 0.4) is 0 Å². The molecule has 7 nitrogen and oxygen atoms in total. The highest BCUT2D eigenvalue weighted by Gasteiger charge is 2.15. The Hall–Kier alpha value is -3.45. The number of imidazole rings is 1. The van der Waals surface area contributed by atoms with E-state index in [1.807, 2.05) is 42.5 Å². The standard InChI is InChI=1S/C26H31N5O2/c1-18(2)21-11-5-6-12-22(21)24-27-16-23-25(29-24)31(26(32)28-23)17-19-9-7-10-20(15-19)33-14-8-13-30(3)4/h5-7,9-12,15-16,18H,8,13-14,17H2,1-4H3,(H,28,32). The van der Waals surface area contributed by atoms with Gasteiger partial charge in [-0.15, -0.1) is 0 Å². The average molecular weight is 446 g/mol. The SMILES string of the molecule is CC(C)c1ccccc1-c1ncc2[nH]c(=O)n(Cc3cccc(OCCCN(C)C)c3)c2n1. The number of benzene rings is 2. The molecule has 33 heavy (non-hydrogen) atoms. The summed E-state index contributed by atoms with van der Waals surface area (Å²) < 4.78 is 7.56. The summed E-state index contributed by atoms with van der Waals surface area (Å²) in [5, 5.41) is 0. The smallest absolute Gasteiger partial charge is 0.328 e. The Balaban J connectivity index is 1.62. The second-order valence-corrected chi connectivity index (χ2v) is 8.84. The summed E-state index contributed by atoms with van der Waals surface area (Å²) in [6.07, 6.45) is 2.65. The molecule has 0 aliphatic rings. The lowest BCUT2D eigenvalue weighted by atomic mass is 9.97. The van der Waals surface area contributed by atoms with Crippen LogP contribution in [0.15, 0.2) is 59.5 Å². The number of hydrogen-bond acceptors (Lipinski definition) is 5. The van der Waals surface area contributed by atoms with Gasteiger partial charge < -0.3 is 14.6 Å². The van der Waals surface area contributed by atoms with Gasteiger partial charge in [0.25, 0.3) is 0 Å². The number of fused-ring (bicyclic) bond motifs is 1. The van der Waals surface area contributed by atoms with Crippen LogP contribution in [0.1, 0.15) is 37.3 Å². The highest BCUT2D eigenvalue weighted by atomic mass is 16.5. The van der Waals surface area contributed by atoms with E-state index in [9.17, 15) is 4.79 Å². The quantitative estimate of drug-likeness (QED) is 0.389. The molecule has 1 N–H and O–H groups in total. The molecule has 2 heterocycles. The topological polar surface area (TPSA) is 76.0 Å². The van der Waals surface area contributed by atoms with Crippen LogP contribution in [-0.4, -0.2) is 51.7 Å². The molecule has 0 unspecified atom stereocenters. The maximum Gasteiger partial charge on any atom is 0.328 e. The van der Waals surface area contributed by atoms with Gasteiger partial charge in [-0.1, -0.05) is 50.2 Å². The first-order chi connectivity index (χ1) is 15.9. The van der Waals surface area contributed by atoms with Gasteiger partial charge in [-0.2, -0.15) is 0 Å². The first kappa shape index (κ1) is 22.7. The van der Waals surface area contributed by atoms with Gasteiger partial charge >= 0.3 is 5.69 Å². The Morgan fingerprint density at radius 3 is 2.73 bits per heavy atom. The van der Waals surface area contributed by atoms with E-state index >= 15 is 0 Å². The summed E-state index contributed by atoms with van der Waals surface area (Å²) in [5.41, 5.74) is 4.17. The number of nitrogens with zero attached hydrogens (tertiary/aromatic N) is 4. The lowest BCUT2D eigenvalue weighted by molar-refractivity contribution is 0.281. The molecular formula is C26H31N5O2. The molecular weight excluding hydrogens is 414 g/mol. The molecule has 7 heteroatoms. The molecule has 2 aromatic heterocycles. The Morgan fingerprint density at radius 2 is 1.94 bits per heavy atom. The van der Waals surface area contributed by atoms with Gasteiger partial charge in [-0.25, -0.2) is 14.8 Å². The van der Waals surface area contributed by atoms with E-state index in [0.717, 1.165) is 29.8 Å². The monoisotopic (exact) mass is 445 g/mol. The number of ether oxygens (including phenoxy) is 1. The van der Waals surface area contributed by atoms with Crippen molar-refractivity contribution in [2.45, 2.75) is 32.7 Å². The zero-order chi connectivity index (χ0) is 23.4. The van der Waals surface area contributed by atoms with Gasteiger partial charge in [0.15, 0.2) is 11.5 Å². The van der Waals surface area contributed by atoms with Gasteiger partial charge in [-0.05, 0) is 49.7 Å². The van der Waals surface area contributed by atoms with Gasteiger partial charge in [0.05, 0.1) is 19.3 Å². The zero-order valence-corrected chi connectivity index (χ0v) is 19.7. The minimum Gasteiger partial charge on any atom is -0.494 e. The molecule has 0 radical (unpaired) electrons. The highest BCUT2D eigenvalue weighted by Crippen LogP contribution is 2.27. The number of aromatic nitrogens is 4. The summed E-state index contributed by atoms with van der Waals surface area (Å²) in [5.74, 6) is 1.77. The van der Waals surface area contributed by atoms with Crippen LogP contribution in [0.4, 0.5) is 0 Å². The van der Waals surface area contributed by atoms with Crippen LogP contribution >= 0.6 is 0 Å². The predicted molar refractivity (Wildman–Crippen MR) is 132 cm³/mol. The van der Waals surface area contributed by atoms with E-state index in [-0.39, 0.29) is 5.69 Å². The van der Waals surface area contributed by atoms with Crippen molar-refractivity contribution >= 4 is 11.2 Å². The first-order valence-electron chi connectivity index (χ1n) is 11.3. The van der Waals surface area contributed by atoms with Crippen molar-refractivity contribution in [3.63, 3.8) is 0 Å². The third-order valence-corrected chi connectivity index (χ3v) is 5.59. The Bertz CT molecular complexity index is 1290. The second-order valence-electron chi connectivity index (χ2n) is 8.84. The van der Waals surface area contributed by atoms with Gasteiger partial charge in [0.2, 0.25) is 0 Å². The van der Waals surface area contributed by atoms with E-state index in [0.29, 0.717) is 36.1 Å². The molecule has 0 amide bonds. The van der Waals surface area contributed by atoms with Crippen molar-refractivity contribution in [3.8, 4) is 17.1 Å². The number of H-pyrrole nitrogens is 1. The minimum absolute atomic E-state index is 0.203. The largest absolute Gasteiger partial charge is 0.494 e. The van der Waals surface area contributed by atoms with E-state index < -0.39 is 0 Å². The van der Waals surface area contributed by atoms with E-state index in [1.165, 1.54) is 5.56 Å². The fourth-order valence-corrected chi connectivity index (χ4v) is 3.91. The van der Waals surface area contributed by atoms with Gasteiger partial charge in [0, 0.05) is 12.1 Å². The maximum atomic E-state index is 12.7. The maximum absolute atomic E-state index is 12.7. The van der Waals surface area contributed by atoms with E-state index in [4.69, 9.17) is 9.72 Å². The van der Waals surface area contributed by atoms with Gasteiger partial charge in [0.1, 0.15) is 11.3 Å². The molecule has 2 aromatic carbocycles. The first-order valence-corrected chi connectivity index (χ1v) is 11.3. The summed E-state index contributed by atoms with van der Waals surface area (Å²) in [6, 6.07) is 16.0. The molecule has 172 valence electrons. The van der Waals surface area contributed by atoms with Crippen molar-refractivity contribution in [2.75, 3.05) is 27.2 Å². The molecule has 0 aliphatic heterocycles. The number of rotatable bonds is 9. The molecule has 4 rings (SSSR count). The molecule has 0 bridgehead atoms. The molecule has 0 fully saturated rings. The third kappa shape index (κ3) is 5.31. The number of aromatic amines is 1. The molecule has 0 saturated carbocycles. The Kier molecular flexibility index (Phi) is 6.89. The van der Waals surface area contributed by atoms with E-state index in [2.05, 4.69) is 48.9 Å². The predicted octanol–water partition coefficient (Wildman–Crippen LogP) is 4.29. The minimum atomic E-state index is -0.203. The molecule has 0 atom stereocenters. The van der Waals surface area contributed by atoms with Crippen molar-refractivity contribution in [2.24, 2.45) is 0 Å². The summed E-state index contributed by atoms with van der Waals surface area (Å²) in [6.45, 7) is 6.33. The van der Waals surface area contributed by atoms with Crippen LogP contribution in [0.5, 0.6) is 5.75 Å². The van der Waals surface area contributed by atoms with Crippen LogP contribution in [0, 0.1) is 0 Å². The van der Waals surface area contributed by atoms with E-state index in [1.54, 1.807) is 10.8 Å². The fraction of sp³-hybridized carbons (Fsp3) is 0.346. The highest BCUT2D eigenvalue weighted by molar-refractivity contribution is 5.73. The lowest BCUT2D eigenvalue weighted by Crippen LogP contribution is -2.18. The lowest BCUT2D eigenvalue weighted by Gasteiger charge is -2.12. The van der Waals surface area contributed by atoms with Crippen molar-refractivity contribution in [3.05, 3.63) is 76.3 Å². The second kappa shape index (κ2) is 10.0. The zero-order valence-electron chi connectivity index (χ0n) is 19.7. The average Bonchev–Trinajstić information content (AvgIpc) is 3.11. The van der Waals surface area contributed by atoms with Crippen LogP contribution < -0.4 is 10.4 Å². The van der Waals surface area contributed by atoms with Crippen LogP contribution in [-0.2, 0) is 6.54 Å². The molecule has 4 aromatic rings. The Morgan fingerprint density at radius 1 is 1.12 bits per heavy atom. The van der Waals surface area contributed by atoms with Crippen molar-refractivity contribution in [1.82, 2.24) is 24.4 Å². The summed E-state index contributed by atoms with van der Waals surface area (Å²) >= 11 is 0. The normalized spacial score (nSPS) is 11.6. The van der Waals surface area contributed by atoms with Crippen molar-refractivity contribution < 1.29 is 4.74 Å². The number of hydrogen-bond donors (Lipinski definition) is 1. The van der Waals surface area contributed by atoms with Crippen LogP contribution in [0.2, 0.25) is 0 Å². The molecule has 0 aliphatic carbocycles. The molecule has 0 saturated heterocycles. The summed E-state index contributed by atoms with van der Waals surface area (Å²) in [7, 11) is 4.10. The van der Waals surface area contributed by atoms with Crippen LogP contribution in [0.25, 0.3) is 22.6 Å². The van der Waals surface area contributed by atoms with Gasteiger partial charge in [-0.3, -0.25) is 4.57 Å². The number of nitrogens with one attached hydrogen (secondary N) is 1. The fourth-order valence-electron chi connectivity index (χ4n) is 3.91. The van der Waals surface area contributed by atoms with Crippen molar-refractivity contribution in [1.29, 1.82) is 0 Å². The summed E-state index contributed by atoms with van der Waals surface area (Å²) in [4.78, 5) is 27.1.